The Morgan fingerprint density at radius 1 is 1.30 bits per heavy atom. The number of alkyl halides is 3. The molecule has 1 aromatic carbocycles. The summed E-state index contributed by atoms with van der Waals surface area (Å²) in [7, 11) is 0. The summed E-state index contributed by atoms with van der Waals surface area (Å²) in [6.07, 6.45) is 0.252. The van der Waals surface area contributed by atoms with Gasteiger partial charge in [-0.2, -0.15) is 18.3 Å². The van der Waals surface area contributed by atoms with Crippen LogP contribution in [-0.2, 0) is 22.1 Å². The number of aliphatic hydroxyl groups is 1. The van der Waals surface area contributed by atoms with Crippen LogP contribution in [0.5, 0.6) is 0 Å². The Labute approximate surface area is 155 Å². The molecule has 1 aliphatic rings. The lowest BCUT2D eigenvalue weighted by Gasteiger charge is -2.39. The first kappa shape index (κ1) is 19.4. The molecule has 3 rings (SSSR count). The lowest BCUT2D eigenvalue weighted by atomic mass is 9.74. The number of hydrogen-bond donors (Lipinski definition) is 2. The second-order valence-corrected chi connectivity index (χ2v) is 7.62. The van der Waals surface area contributed by atoms with E-state index in [1.54, 1.807) is 26.2 Å². The van der Waals surface area contributed by atoms with Crippen LogP contribution in [-0.4, -0.2) is 20.8 Å². The van der Waals surface area contributed by atoms with Crippen molar-refractivity contribution >= 4 is 11.6 Å². The van der Waals surface area contributed by atoms with E-state index in [9.17, 15) is 23.1 Å². The molecule has 146 valence electrons. The van der Waals surface area contributed by atoms with Crippen molar-refractivity contribution in [2.24, 2.45) is 0 Å². The molecule has 0 saturated heterocycles. The van der Waals surface area contributed by atoms with Crippen LogP contribution in [0.25, 0.3) is 0 Å². The first-order valence-corrected chi connectivity index (χ1v) is 8.71. The number of hydrogen-bond acceptors (Lipinski definition) is 3. The maximum atomic E-state index is 13.1. The fraction of sp³-hybridized carbons (Fsp3) is 0.474. The summed E-state index contributed by atoms with van der Waals surface area (Å²) in [5.41, 5.74) is -2.09. The minimum Gasteiger partial charge on any atom is -0.385 e. The van der Waals surface area contributed by atoms with Gasteiger partial charge in [-0.1, -0.05) is 0 Å². The van der Waals surface area contributed by atoms with Crippen LogP contribution in [0.2, 0.25) is 0 Å². The number of nitrogens with zero attached hydrogens (tertiary/aromatic N) is 2. The van der Waals surface area contributed by atoms with E-state index in [0.29, 0.717) is 12.8 Å². The molecule has 1 amide bonds. The molecule has 27 heavy (non-hydrogen) atoms. The molecule has 2 N–H and O–H groups in total. The van der Waals surface area contributed by atoms with Crippen LogP contribution < -0.4 is 5.32 Å². The molecule has 8 heteroatoms. The van der Waals surface area contributed by atoms with E-state index >= 15 is 0 Å². The molecular weight excluding hydrogens is 359 g/mol. The van der Waals surface area contributed by atoms with E-state index < -0.39 is 28.8 Å². The highest BCUT2D eigenvalue weighted by Crippen LogP contribution is 2.46. The molecule has 1 heterocycles. The van der Waals surface area contributed by atoms with Crippen molar-refractivity contribution in [2.45, 2.75) is 57.3 Å². The van der Waals surface area contributed by atoms with Gasteiger partial charge in [0.1, 0.15) is 5.54 Å². The van der Waals surface area contributed by atoms with E-state index in [1.807, 2.05) is 6.92 Å². The van der Waals surface area contributed by atoms with Crippen LogP contribution >= 0.6 is 0 Å². The monoisotopic (exact) mass is 381 g/mol. The Kier molecular flexibility index (Phi) is 4.58. The highest BCUT2D eigenvalue weighted by molar-refractivity contribution is 5.96. The zero-order valence-electron chi connectivity index (χ0n) is 15.4. The average molecular weight is 381 g/mol. The Morgan fingerprint density at radius 3 is 2.44 bits per heavy atom. The van der Waals surface area contributed by atoms with Gasteiger partial charge in [-0.3, -0.25) is 9.48 Å². The summed E-state index contributed by atoms with van der Waals surface area (Å²) >= 11 is 0. The smallest absolute Gasteiger partial charge is 0.385 e. The third kappa shape index (κ3) is 3.58. The zero-order valence-corrected chi connectivity index (χ0v) is 15.4. The van der Waals surface area contributed by atoms with Gasteiger partial charge in [0.15, 0.2) is 0 Å². The average Bonchev–Trinajstić information content (AvgIpc) is 2.99. The van der Waals surface area contributed by atoms with Crippen LogP contribution in [0.15, 0.2) is 30.6 Å². The van der Waals surface area contributed by atoms with E-state index in [2.05, 4.69) is 10.4 Å². The second kappa shape index (κ2) is 6.37. The molecule has 2 aromatic rings. The van der Waals surface area contributed by atoms with Gasteiger partial charge >= 0.3 is 6.18 Å². The molecule has 1 fully saturated rings. The zero-order chi connectivity index (χ0) is 20.0. The second-order valence-electron chi connectivity index (χ2n) is 7.62. The fourth-order valence-corrected chi connectivity index (χ4v) is 3.09. The summed E-state index contributed by atoms with van der Waals surface area (Å²) in [5.74, 6) is -0.436. The Balaban J connectivity index is 1.95. The van der Waals surface area contributed by atoms with Gasteiger partial charge in [0.2, 0.25) is 0 Å². The number of amides is 1. The van der Waals surface area contributed by atoms with Crippen LogP contribution in [0.1, 0.15) is 49.8 Å². The highest BCUT2D eigenvalue weighted by atomic mass is 19.4. The van der Waals surface area contributed by atoms with Gasteiger partial charge in [0, 0.05) is 17.4 Å². The van der Waals surface area contributed by atoms with Gasteiger partial charge in [-0.25, -0.2) is 0 Å². The summed E-state index contributed by atoms with van der Waals surface area (Å²) in [5, 5.41) is 17.5. The summed E-state index contributed by atoms with van der Waals surface area (Å²) in [4.78, 5) is 12.8. The van der Waals surface area contributed by atoms with Crippen molar-refractivity contribution in [3.63, 3.8) is 0 Å². The molecule has 0 radical (unpaired) electrons. The number of aromatic nitrogens is 2. The van der Waals surface area contributed by atoms with Crippen LogP contribution in [0.3, 0.4) is 0 Å². The maximum Gasteiger partial charge on any atom is 0.416 e. The van der Waals surface area contributed by atoms with Gasteiger partial charge in [-0.05, 0) is 63.8 Å². The molecule has 1 saturated carbocycles. The first-order chi connectivity index (χ1) is 12.4. The molecule has 0 bridgehead atoms. The van der Waals surface area contributed by atoms with Gasteiger partial charge in [0.05, 0.1) is 17.4 Å². The van der Waals surface area contributed by atoms with E-state index in [-0.39, 0.29) is 11.3 Å². The van der Waals surface area contributed by atoms with Crippen molar-refractivity contribution in [3.8, 4) is 0 Å². The van der Waals surface area contributed by atoms with Crippen molar-refractivity contribution in [1.82, 2.24) is 9.78 Å². The Bertz CT molecular complexity index is 867. The molecule has 1 aliphatic carbocycles. The fourth-order valence-electron chi connectivity index (χ4n) is 3.09. The summed E-state index contributed by atoms with van der Waals surface area (Å²) in [6, 6.07) is 3.04. The van der Waals surface area contributed by atoms with Crippen molar-refractivity contribution < 1.29 is 23.1 Å². The number of nitrogens with one attached hydrogen (secondary N) is 1. The maximum absolute atomic E-state index is 13.1. The molecular formula is C19H22F3N3O2. The largest absolute Gasteiger partial charge is 0.416 e. The molecule has 0 spiro atoms. The molecule has 5 nitrogen and oxygen atoms in total. The lowest BCUT2D eigenvalue weighted by Crippen LogP contribution is -2.42. The number of anilines is 1. The predicted octanol–water partition coefficient (Wildman–Crippen LogP) is 3.96. The van der Waals surface area contributed by atoms with Crippen LogP contribution in [0.4, 0.5) is 18.9 Å². The Morgan fingerprint density at radius 2 is 1.96 bits per heavy atom. The summed E-state index contributed by atoms with van der Waals surface area (Å²) in [6.45, 7) is 5.17. The lowest BCUT2D eigenvalue weighted by molar-refractivity contribution is -0.137. The minimum absolute atomic E-state index is 0.101. The normalized spacial score (nSPS) is 16.7. The number of carbonyl (C=O) groups excluding carboxylic acids is 1. The number of aryl methyl sites for hydroxylation is 1. The third-order valence-corrected chi connectivity index (χ3v) is 5.12. The quantitative estimate of drug-likeness (QED) is 0.843. The van der Waals surface area contributed by atoms with E-state index in [0.717, 1.165) is 24.1 Å². The number of carbonyl (C=O) groups is 1. The standard InChI is InChI=1S/C19H22F3N3O2/c1-12-10-23-25(11-12)17(2,3)16(26)24-15-6-5-13(19(20,21)22)9-14(15)18(27)7-4-8-18/h5-6,9-11,27H,4,7-8H2,1-3H3,(H,24,26). The van der Waals surface area contributed by atoms with Crippen LogP contribution in [0, 0.1) is 6.92 Å². The topological polar surface area (TPSA) is 67.2 Å². The van der Waals surface area contributed by atoms with E-state index in [4.69, 9.17) is 0 Å². The number of rotatable bonds is 4. The predicted molar refractivity (Wildman–Crippen MR) is 94.1 cm³/mol. The highest BCUT2D eigenvalue weighted by Gasteiger charge is 2.41. The van der Waals surface area contributed by atoms with E-state index in [1.165, 1.54) is 10.7 Å². The molecule has 0 aliphatic heterocycles. The molecule has 0 unspecified atom stereocenters. The minimum atomic E-state index is -4.52. The van der Waals surface area contributed by atoms with Crippen molar-refractivity contribution in [2.75, 3.05) is 5.32 Å². The Hall–Kier alpha value is -2.35. The van der Waals surface area contributed by atoms with Gasteiger partial charge < -0.3 is 10.4 Å². The van der Waals surface area contributed by atoms with Crippen molar-refractivity contribution in [1.29, 1.82) is 0 Å². The van der Waals surface area contributed by atoms with Gasteiger partial charge in [0.25, 0.3) is 5.91 Å². The first-order valence-electron chi connectivity index (χ1n) is 8.71. The number of halogens is 3. The van der Waals surface area contributed by atoms with Gasteiger partial charge in [-0.15, -0.1) is 0 Å². The number of benzene rings is 1. The third-order valence-electron chi connectivity index (χ3n) is 5.12. The van der Waals surface area contributed by atoms with Crippen molar-refractivity contribution in [3.05, 3.63) is 47.3 Å². The molecule has 1 aromatic heterocycles. The summed E-state index contributed by atoms with van der Waals surface area (Å²) < 4.78 is 40.8. The molecule has 0 atom stereocenters. The SMILES string of the molecule is Cc1cnn(C(C)(C)C(=O)Nc2ccc(C(F)(F)F)cc2C2(O)CCC2)c1.